The zero-order chi connectivity index (χ0) is 20.7. The van der Waals surface area contributed by atoms with Gasteiger partial charge in [-0.25, -0.2) is 4.98 Å². The highest BCUT2D eigenvalue weighted by molar-refractivity contribution is 5.96. The van der Waals surface area contributed by atoms with Gasteiger partial charge < -0.3 is 15.0 Å². The van der Waals surface area contributed by atoms with Crippen LogP contribution in [0, 0.1) is 0 Å². The van der Waals surface area contributed by atoms with Gasteiger partial charge in [0, 0.05) is 38.4 Å². The third kappa shape index (κ3) is 6.99. The highest BCUT2D eigenvalue weighted by Gasteiger charge is 2.30. The highest BCUT2D eigenvalue weighted by atomic mass is 19.4. The van der Waals surface area contributed by atoms with Crippen molar-refractivity contribution in [2.75, 3.05) is 39.3 Å². The van der Waals surface area contributed by atoms with E-state index in [4.69, 9.17) is 4.74 Å². The number of halogens is 3. The minimum atomic E-state index is -4.52. The fourth-order valence-electron chi connectivity index (χ4n) is 2.89. The van der Waals surface area contributed by atoms with Crippen LogP contribution in [0.2, 0.25) is 0 Å². The molecule has 0 aromatic carbocycles. The van der Waals surface area contributed by atoms with Crippen molar-refractivity contribution < 1.29 is 27.5 Å². The average Bonchev–Trinajstić information content (AvgIpc) is 2.84. The van der Waals surface area contributed by atoms with Crippen molar-refractivity contribution in [2.24, 2.45) is 0 Å². The van der Waals surface area contributed by atoms with Gasteiger partial charge in [0.15, 0.2) is 6.61 Å². The highest BCUT2D eigenvalue weighted by Crippen LogP contribution is 2.21. The number of nitrogens with one attached hydrogen (secondary N) is 1. The molecule has 0 saturated carbocycles. The molecular formula is C18H25F3N4O3. The number of aromatic nitrogens is 1. The van der Waals surface area contributed by atoms with E-state index in [9.17, 15) is 22.8 Å². The van der Waals surface area contributed by atoms with Gasteiger partial charge in [-0.2, -0.15) is 13.2 Å². The van der Waals surface area contributed by atoms with Crippen molar-refractivity contribution in [2.45, 2.75) is 32.5 Å². The van der Waals surface area contributed by atoms with Gasteiger partial charge in [0.25, 0.3) is 5.91 Å². The van der Waals surface area contributed by atoms with Crippen LogP contribution in [0.1, 0.15) is 30.6 Å². The van der Waals surface area contributed by atoms with Crippen LogP contribution in [0.4, 0.5) is 13.2 Å². The van der Waals surface area contributed by atoms with E-state index < -0.39 is 18.7 Å². The molecule has 2 rings (SSSR count). The van der Waals surface area contributed by atoms with E-state index in [1.54, 1.807) is 4.90 Å². The number of nitrogens with zero attached hydrogens (tertiary/aromatic N) is 3. The van der Waals surface area contributed by atoms with Crippen LogP contribution in [0.15, 0.2) is 18.3 Å². The lowest BCUT2D eigenvalue weighted by Crippen LogP contribution is -2.42. The maximum Gasteiger partial charge on any atom is 0.422 e. The molecule has 1 saturated heterocycles. The Kier molecular flexibility index (Phi) is 7.61. The number of carbonyl (C=O) groups excluding carboxylic acids is 2. The van der Waals surface area contributed by atoms with Crippen molar-refractivity contribution in [1.82, 2.24) is 20.1 Å². The van der Waals surface area contributed by atoms with Gasteiger partial charge in [-0.1, -0.05) is 0 Å². The fourth-order valence-corrected chi connectivity index (χ4v) is 2.89. The number of alkyl halides is 3. The van der Waals surface area contributed by atoms with Crippen LogP contribution >= 0.6 is 0 Å². The number of ether oxygens (including phenoxy) is 1. The van der Waals surface area contributed by atoms with Gasteiger partial charge in [0.1, 0.15) is 5.56 Å². The van der Waals surface area contributed by atoms with Crippen LogP contribution in [0.3, 0.4) is 0 Å². The second kappa shape index (κ2) is 9.72. The lowest BCUT2D eigenvalue weighted by atomic mass is 10.2. The summed E-state index contributed by atoms with van der Waals surface area (Å²) in [6.07, 6.45) is -2.59. The predicted octanol–water partition coefficient (Wildman–Crippen LogP) is 1.70. The predicted molar refractivity (Wildman–Crippen MR) is 96.0 cm³/mol. The molecule has 1 aliphatic heterocycles. The molecule has 7 nitrogen and oxygen atoms in total. The van der Waals surface area contributed by atoms with Gasteiger partial charge in [-0.05, 0) is 32.4 Å². The number of hydrogen-bond donors (Lipinski definition) is 1. The second-order valence-electron chi connectivity index (χ2n) is 6.90. The molecule has 2 amide bonds. The molecule has 0 radical (unpaired) electrons. The average molecular weight is 402 g/mol. The van der Waals surface area contributed by atoms with Crippen LogP contribution in [0.5, 0.6) is 5.88 Å². The first-order valence-corrected chi connectivity index (χ1v) is 9.11. The maximum atomic E-state index is 12.8. The molecule has 1 N–H and O–H groups in total. The summed E-state index contributed by atoms with van der Waals surface area (Å²) in [6, 6.07) is 2.94. The first-order valence-electron chi connectivity index (χ1n) is 9.11. The Morgan fingerprint density at radius 2 is 2.00 bits per heavy atom. The summed E-state index contributed by atoms with van der Waals surface area (Å²) < 4.78 is 42.0. The van der Waals surface area contributed by atoms with Crippen molar-refractivity contribution in [3.05, 3.63) is 23.9 Å². The molecule has 2 heterocycles. The molecular weight excluding hydrogens is 377 g/mol. The minimum absolute atomic E-state index is 0.00208. The van der Waals surface area contributed by atoms with Crippen molar-refractivity contribution >= 4 is 11.8 Å². The van der Waals surface area contributed by atoms with Gasteiger partial charge in [-0.15, -0.1) is 0 Å². The first kappa shape index (κ1) is 21.9. The number of carbonyl (C=O) groups is 2. The monoisotopic (exact) mass is 402 g/mol. The third-order valence-electron chi connectivity index (χ3n) is 4.07. The molecule has 1 aromatic rings. The molecule has 0 aliphatic carbocycles. The lowest BCUT2D eigenvalue weighted by molar-refractivity contribution is -0.154. The Morgan fingerprint density at radius 1 is 1.25 bits per heavy atom. The van der Waals surface area contributed by atoms with Gasteiger partial charge in [0.05, 0.1) is 6.54 Å². The quantitative estimate of drug-likeness (QED) is 0.784. The van der Waals surface area contributed by atoms with Crippen LogP contribution in [-0.2, 0) is 4.79 Å². The molecule has 0 unspecified atom stereocenters. The molecule has 0 atom stereocenters. The smallest absolute Gasteiger partial charge is 0.422 e. The summed E-state index contributed by atoms with van der Waals surface area (Å²) in [7, 11) is 0. The summed E-state index contributed by atoms with van der Waals surface area (Å²) >= 11 is 0. The Bertz CT molecular complexity index is 682. The molecule has 156 valence electrons. The van der Waals surface area contributed by atoms with E-state index in [-0.39, 0.29) is 29.9 Å². The summed E-state index contributed by atoms with van der Waals surface area (Å²) in [6.45, 7) is 4.45. The molecule has 10 heteroatoms. The van der Waals surface area contributed by atoms with Crippen molar-refractivity contribution in [1.29, 1.82) is 0 Å². The topological polar surface area (TPSA) is 74.8 Å². The number of rotatable bonds is 6. The third-order valence-corrected chi connectivity index (χ3v) is 4.07. The van der Waals surface area contributed by atoms with E-state index in [0.717, 1.165) is 0 Å². The summed E-state index contributed by atoms with van der Waals surface area (Å²) in [5.74, 6) is -0.842. The molecule has 28 heavy (non-hydrogen) atoms. The molecule has 1 aromatic heterocycles. The van der Waals surface area contributed by atoms with E-state index in [1.807, 2.05) is 18.7 Å². The molecule has 0 spiro atoms. The first-order chi connectivity index (χ1) is 13.2. The van der Waals surface area contributed by atoms with E-state index >= 15 is 0 Å². The number of hydrogen-bond acceptors (Lipinski definition) is 5. The Balaban J connectivity index is 1.99. The zero-order valence-electron chi connectivity index (χ0n) is 16.0. The second-order valence-corrected chi connectivity index (χ2v) is 6.90. The van der Waals surface area contributed by atoms with Gasteiger partial charge >= 0.3 is 6.18 Å². The van der Waals surface area contributed by atoms with Crippen LogP contribution in [0.25, 0.3) is 0 Å². The number of amides is 2. The zero-order valence-corrected chi connectivity index (χ0v) is 16.0. The molecule has 1 aliphatic rings. The van der Waals surface area contributed by atoms with E-state index in [0.29, 0.717) is 32.6 Å². The van der Waals surface area contributed by atoms with E-state index in [1.165, 1.54) is 18.3 Å². The van der Waals surface area contributed by atoms with Crippen LogP contribution < -0.4 is 10.1 Å². The van der Waals surface area contributed by atoms with Crippen LogP contribution in [-0.4, -0.2) is 78.1 Å². The Morgan fingerprint density at radius 3 is 2.68 bits per heavy atom. The molecule has 1 fully saturated rings. The maximum absolute atomic E-state index is 12.8. The van der Waals surface area contributed by atoms with Crippen molar-refractivity contribution in [3.63, 3.8) is 0 Å². The summed E-state index contributed by atoms with van der Waals surface area (Å²) in [4.78, 5) is 32.0. The van der Waals surface area contributed by atoms with Gasteiger partial charge in [0.2, 0.25) is 11.8 Å². The molecule has 0 bridgehead atoms. The van der Waals surface area contributed by atoms with Crippen molar-refractivity contribution in [3.8, 4) is 5.88 Å². The Labute approximate surface area is 161 Å². The Hall–Kier alpha value is -2.36. The normalized spacial score (nSPS) is 16.0. The van der Waals surface area contributed by atoms with Gasteiger partial charge in [-0.3, -0.25) is 14.5 Å². The summed E-state index contributed by atoms with van der Waals surface area (Å²) in [5.41, 5.74) is -0.00208. The standard InChI is InChI=1S/C18H25F3N4O3/c1-13(2)23-15(26)11-24-7-4-8-25(10-9-24)17(27)14-5-3-6-22-16(14)28-12-18(19,20)21/h3,5-6,13H,4,7-12H2,1-2H3,(H,23,26). The lowest BCUT2D eigenvalue weighted by Gasteiger charge is -2.22. The SMILES string of the molecule is CC(C)NC(=O)CN1CCCN(C(=O)c2cccnc2OCC(F)(F)F)CC1. The minimum Gasteiger partial charge on any atom is -0.467 e. The largest absolute Gasteiger partial charge is 0.467 e. The summed E-state index contributed by atoms with van der Waals surface area (Å²) in [5, 5.41) is 2.83. The number of pyridine rings is 1. The fraction of sp³-hybridized carbons (Fsp3) is 0.611. The van der Waals surface area contributed by atoms with E-state index in [2.05, 4.69) is 10.3 Å².